The number of ether oxygens (including phenoxy) is 1. The van der Waals surface area contributed by atoms with Gasteiger partial charge in [-0.3, -0.25) is 4.79 Å². The van der Waals surface area contributed by atoms with E-state index in [4.69, 9.17) is 4.74 Å². The Bertz CT molecular complexity index is 741. The first-order valence-electron chi connectivity index (χ1n) is 8.15. The topological polar surface area (TPSA) is 32.8 Å². The van der Waals surface area contributed by atoms with Crippen LogP contribution in [0.4, 0.5) is 0 Å². The van der Waals surface area contributed by atoms with Gasteiger partial charge in [0.05, 0.1) is 11.4 Å². The highest BCUT2D eigenvalue weighted by Gasteiger charge is 2.38. The molecule has 4 nitrogen and oxygen atoms in total. The molecule has 0 fully saturated rings. The van der Waals surface area contributed by atoms with Crippen LogP contribution in [0.3, 0.4) is 0 Å². The summed E-state index contributed by atoms with van der Waals surface area (Å²) >= 11 is 0. The van der Waals surface area contributed by atoms with Crippen molar-refractivity contribution in [1.29, 1.82) is 0 Å². The van der Waals surface area contributed by atoms with Crippen LogP contribution in [0.1, 0.15) is 25.0 Å². The van der Waals surface area contributed by atoms with Crippen molar-refractivity contribution >= 4 is 17.4 Å². The molecule has 0 bridgehead atoms. The Morgan fingerprint density at radius 2 is 1.46 bits per heavy atom. The highest BCUT2D eigenvalue weighted by atomic mass is 16.6. The second kappa shape index (κ2) is 6.79. The third-order valence-corrected chi connectivity index (χ3v) is 4.17. The number of carbonyl (C=O) groups excluding carboxylic acids is 1. The molecule has 4 heteroatoms. The molecule has 3 rings (SSSR count). The fourth-order valence-corrected chi connectivity index (χ4v) is 3.17. The lowest BCUT2D eigenvalue weighted by Crippen LogP contribution is -2.41. The fraction of sp³-hybridized carbons (Fsp3) is 0.250. The van der Waals surface area contributed by atoms with Crippen LogP contribution >= 0.6 is 0 Å². The number of hydrogen-bond donors (Lipinski definition) is 0. The third kappa shape index (κ3) is 2.87. The molecule has 0 saturated carbocycles. The summed E-state index contributed by atoms with van der Waals surface area (Å²) in [6.07, 6.45) is -0.432. The molecule has 24 heavy (non-hydrogen) atoms. The number of benzene rings is 2. The molecule has 2 aromatic carbocycles. The molecular formula is C20H22N2O2. The van der Waals surface area contributed by atoms with Gasteiger partial charge in [0.2, 0.25) is 0 Å². The van der Waals surface area contributed by atoms with E-state index < -0.39 is 6.35 Å². The minimum Gasteiger partial charge on any atom is -0.423 e. The summed E-state index contributed by atoms with van der Waals surface area (Å²) < 4.78 is 5.60. The zero-order chi connectivity index (χ0) is 17.1. The van der Waals surface area contributed by atoms with Gasteiger partial charge in [-0.15, -0.1) is 0 Å². The van der Waals surface area contributed by atoms with E-state index in [0.29, 0.717) is 0 Å². The Morgan fingerprint density at radius 3 is 1.92 bits per heavy atom. The molecule has 124 valence electrons. The molecule has 0 radical (unpaired) electrons. The zero-order valence-electron chi connectivity index (χ0n) is 14.3. The molecule has 0 spiro atoms. The maximum atomic E-state index is 11.6. The number of carbonyl (C=O) groups is 1. The van der Waals surface area contributed by atoms with Crippen LogP contribution in [0.25, 0.3) is 11.4 Å². The first kappa shape index (κ1) is 16.1. The van der Waals surface area contributed by atoms with Gasteiger partial charge in [-0.05, 0) is 6.92 Å². The summed E-state index contributed by atoms with van der Waals surface area (Å²) in [4.78, 5) is 15.8. The van der Waals surface area contributed by atoms with E-state index in [9.17, 15) is 4.79 Å². The number of esters is 1. The van der Waals surface area contributed by atoms with Gasteiger partial charge < -0.3 is 14.5 Å². The van der Waals surface area contributed by atoms with Crippen molar-refractivity contribution < 1.29 is 9.53 Å². The molecule has 1 atom stereocenters. The van der Waals surface area contributed by atoms with Crippen molar-refractivity contribution in [2.45, 2.75) is 20.2 Å². The van der Waals surface area contributed by atoms with E-state index in [-0.39, 0.29) is 5.97 Å². The predicted molar refractivity (Wildman–Crippen MR) is 95.4 cm³/mol. The number of hydrogen-bond acceptors (Lipinski definition) is 4. The standard InChI is InChI=1S/C20H22N2O2/c1-4-22-19(17-13-9-6-10-14-17)18(16-11-7-5-8-12-16)21(3)20(22)24-15(2)23/h5-14,20H,4H2,1-3H3. The smallest absolute Gasteiger partial charge is 0.305 e. The zero-order valence-corrected chi connectivity index (χ0v) is 14.3. The molecule has 0 aromatic heterocycles. The van der Waals surface area contributed by atoms with E-state index in [0.717, 1.165) is 29.1 Å². The van der Waals surface area contributed by atoms with Gasteiger partial charge in [0.15, 0.2) is 0 Å². The van der Waals surface area contributed by atoms with Gasteiger partial charge >= 0.3 is 5.97 Å². The molecule has 0 saturated heterocycles. The minimum absolute atomic E-state index is 0.285. The van der Waals surface area contributed by atoms with Crippen molar-refractivity contribution in [1.82, 2.24) is 9.80 Å². The number of rotatable bonds is 4. The van der Waals surface area contributed by atoms with Crippen LogP contribution in [0.2, 0.25) is 0 Å². The lowest BCUT2D eigenvalue weighted by atomic mass is 10.0. The summed E-state index contributed by atoms with van der Waals surface area (Å²) in [6.45, 7) is 4.26. The van der Waals surface area contributed by atoms with Crippen molar-refractivity contribution in [3.8, 4) is 0 Å². The predicted octanol–water partition coefficient (Wildman–Crippen LogP) is 3.63. The fourth-order valence-electron chi connectivity index (χ4n) is 3.17. The largest absolute Gasteiger partial charge is 0.423 e. The lowest BCUT2D eigenvalue weighted by molar-refractivity contribution is -0.162. The normalized spacial score (nSPS) is 17.4. The Kier molecular flexibility index (Phi) is 4.56. The maximum Gasteiger partial charge on any atom is 0.305 e. The van der Waals surface area contributed by atoms with Gasteiger partial charge in [0, 0.05) is 31.6 Å². The third-order valence-electron chi connectivity index (χ3n) is 4.17. The highest BCUT2D eigenvalue weighted by Crippen LogP contribution is 2.40. The van der Waals surface area contributed by atoms with Crippen LogP contribution < -0.4 is 0 Å². The second-order valence-corrected chi connectivity index (χ2v) is 5.76. The molecule has 0 aliphatic carbocycles. The van der Waals surface area contributed by atoms with Crippen LogP contribution in [0, 0.1) is 0 Å². The molecule has 0 amide bonds. The Labute approximate surface area is 143 Å². The quantitative estimate of drug-likeness (QED) is 0.805. The van der Waals surface area contributed by atoms with E-state index in [2.05, 4.69) is 36.1 Å². The Morgan fingerprint density at radius 1 is 0.958 bits per heavy atom. The van der Waals surface area contributed by atoms with Gasteiger partial charge in [-0.2, -0.15) is 0 Å². The van der Waals surface area contributed by atoms with Crippen molar-refractivity contribution in [3.63, 3.8) is 0 Å². The first-order valence-corrected chi connectivity index (χ1v) is 8.15. The maximum absolute atomic E-state index is 11.6. The van der Waals surface area contributed by atoms with Crippen LogP contribution in [0.15, 0.2) is 60.7 Å². The lowest BCUT2D eigenvalue weighted by Gasteiger charge is -2.30. The van der Waals surface area contributed by atoms with Crippen LogP contribution in [0.5, 0.6) is 0 Å². The van der Waals surface area contributed by atoms with E-state index in [1.165, 1.54) is 6.92 Å². The van der Waals surface area contributed by atoms with Gasteiger partial charge in [0.25, 0.3) is 6.35 Å². The summed E-state index contributed by atoms with van der Waals surface area (Å²) in [6, 6.07) is 20.4. The molecule has 1 heterocycles. The van der Waals surface area contributed by atoms with Crippen molar-refractivity contribution in [3.05, 3.63) is 71.8 Å². The van der Waals surface area contributed by atoms with Crippen molar-refractivity contribution in [2.24, 2.45) is 0 Å². The van der Waals surface area contributed by atoms with Crippen LogP contribution in [-0.4, -0.2) is 35.7 Å². The Hall–Kier alpha value is -2.75. The van der Waals surface area contributed by atoms with Gasteiger partial charge in [-0.1, -0.05) is 60.7 Å². The minimum atomic E-state index is -0.432. The highest BCUT2D eigenvalue weighted by molar-refractivity contribution is 5.91. The summed E-state index contributed by atoms with van der Waals surface area (Å²) in [5.41, 5.74) is 4.36. The average molecular weight is 322 g/mol. The van der Waals surface area contributed by atoms with Gasteiger partial charge in [-0.25, -0.2) is 0 Å². The van der Waals surface area contributed by atoms with E-state index >= 15 is 0 Å². The molecule has 1 aliphatic heterocycles. The summed E-state index contributed by atoms with van der Waals surface area (Å²) in [5.74, 6) is -0.285. The molecule has 0 N–H and O–H groups in total. The number of nitrogens with zero attached hydrogens (tertiary/aromatic N) is 2. The van der Waals surface area contributed by atoms with E-state index in [1.807, 2.05) is 48.3 Å². The average Bonchev–Trinajstić information content (AvgIpc) is 2.88. The van der Waals surface area contributed by atoms with Crippen molar-refractivity contribution in [2.75, 3.05) is 13.6 Å². The summed E-state index contributed by atoms with van der Waals surface area (Å²) in [5, 5.41) is 0. The molecular weight excluding hydrogens is 300 g/mol. The SMILES string of the molecule is CCN1C(c2ccccc2)=C(c2ccccc2)N(C)C1OC(C)=O. The first-order chi connectivity index (χ1) is 11.6. The van der Waals surface area contributed by atoms with Crippen LogP contribution in [-0.2, 0) is 9.53 Å². The van der Waals surface area contributed by atoms with E-state index in [1.54, 1.807) is 0 Å². The van der Waals surface area contributed by atoms with Gasteiger partial charge in [0.1, 0.15) is 0 Å². The second-order valence-electron chi connectivity index (χ2n) is 5.76. The molecule has 1 aliphatic rings. The molecule has 2 aromatic rings. The monoisotopic (exact) mass is 322 g/mol. The Balaban J connectivity index is 2.17. The molecule has 1 unspecified atom stereocenters. The summed E-state index contributed by atoms with van der Waals surface area (Å²) in [7, 11) is 1.97.